The average molecular weight is 311 g/mol. The second-order valence-electron chi connectivity index (χ2n) is 4.10. The molecule has 17 heavy (non-hydrogen) atoms. The van der Waals surface area contributed by atoms with E-state index in [2.05, 4.69) is 22.9 Å². The number of rotatable bonds is 10. The van der Waals surface area contributed by atoms with Crippen LogP contribution in [0.2, 0.25) is 0 Å². The van der Waals surface area contributed by atoms with E-state index in [-0.39, 0.29) is 12.2 Å². The molecule has 0 bridgehead atoms. The van der Waals surface area contributed by atoms with Crippen molar-refractivity contribution < 1.29 is 18.9 Å². The highest BCUT2D eigenvalue weighted by molar-refractivity contribution is 9.09. The minimum Gasteiger partial charge on any atom is -0.382 e. The number of hydrogen-bond donors (Lipinski definition) is 0. The van der Waals surface area contributed by atoms with E-state index in [1.807, 2.05) is 0 Å². The summed E-state index contributed by atoms with van der Waals surface area (Å²) in [4.78, 5) is 0.404. The zero-order chi connectivity index (χ0) is 12.5. The van der Waals surface area contributed by atoms with Gasteiger partial charge in [-0.15, -0.1) is 0 Å². The lowest BCUT2D eigenvalue weighted by Crippen LogP contribution is -2.51. The summed E-state index contributed by atoms with van der Waals surface area (Å²) in [7, 11) is 1.68. The summed E-state index contributed by atoms with van der Waals surface area (Å²) >= 11 is 3.58. The zero-order valence-electron chi connectivity index (χ0n) is 10.7. The maximum atomic E-state index is 5.72. The zero-order valence-corrected chi connectivity index (χ0v) is 12.3. The molecule has 1 saturated carbocycles. The number of halogens is 1. The van der Waals surface area contributed by atoms with Gasteiger partial charge in [0.15, 0.2) is 0 Å². The quantitative estimate of drug-likeness (QED) is 0.457. The molecule has 0 aromatic carbocycles. The van der Waals surface area contributed by atoms with Crippen molar-refractivity contribution >= 4 is 15.9 Å². The van der Waals surface area contributed by atoms with Crippen molar-refractivity contribution in [2.24, 2.45) is 0 Å². The summed E-state index contributed by atoms with van der Waals surface area (Å²) in [5.74, 6) is 0. The van der Waals surface area contributed by atoms with Crippen molar-refractivity contribution in [1.82, 2.24) is 0 Å². The molecule has 4 nitrogen and oxygen atoms in total. The molecule has 5 heteroatoms. The predicted molar refractivity (Wildman–Crippen MR) is 69.8 cm³/mol. The van der Waals surface area contributed by atoms with Gasteiger partial charge in [0, 0.05) is 18.5 Å². The van der Waals surface area contributed by atoms with Gasteiger partial charge in [-0.1, -0.05) is 22.9 Å². The Morgan fingerprint density at radius 3 is 2.47 bits per heavy atom. The molecule has 102 valence electrons. The molecule has 3 unspecified atom stereocenters. The minimum absolute atomic E-state index is 0.149. The second-order valence-corrected chi connectivity index (χ2v) is 5.28. The maximum Gasteiger partial charge on any atom is 0.0963 e. The number of hydrogen-bond acceptors (Lipinski definition) is 4. The standard InChI is InChI=1S/C12H23BrO4/c1-3-4-15-6-8-16-11-9-10(13)12(11)17-7-5-14-2/h10-12H,3-9H2,1-2H3. The van der Waals surface area contributed by atoms with E-state index in [1.165, 1.54) is 0 Å². The first kappa shape index (κ1) is 15.4. The normalized spacial score (nSPS) is 28.1. The van der Waals surface area contributed by atoms with E-state index in [9.17, 15) is 0 Å². The molecule has 1 aliphatic carbocycles. The van der Waals surface area contributed by atoms with Crippen LogP contribution in [-0.2, 0) is 18.9 Å². The summed E-state index contributed by atoms with van der Waals surface area (Å²) in [6.45, 7) is 5.47. The van der Waals surface area contributed by atoms with Crippen LogP contribution >= 0.6 is 15.9 Å². The van der Waals surface area contributed by atoms with Gasteiger partial charge in [-0.25, -0.2) is 0 Å². The van der Waals surface area contributed by atoms with E-state index >= 15 is 0 Å². The molecule has 0 spiro atoms. The molecular formula is C12H23BrO4. The highest BCUT2D eigenvalue weighted by Gasteiger charge is 2.41. The monoisotopic (exact) mass is 310 g/mol. The third-order valence-corrected chi connectivity index (χ3v) is 3.58. The Hall–Kier alpha value is 0.320. The molecule has 0 saturated heterocycles. The van der Waals surface area contributed by atoms with Gasteiger partial charge in [0.05, 0.1) is 38.6 Å². The lowest BCUT2D eigenvalue weighted by Gasteiger charge is -2.40. The van der Waals surface area contributed by atoms with Gasteiger partial charge in [0.25, 0.3) is 0 Å². The van der Waals surface area contributed by atoms with Crippen LogP contribution in [0.3, 0.4) is 0 Å². The van der Waals surface area contributed by atoms with Crippen LogP contribution in [0.4, 0.5) is 0 Å². The van der Waals surface area contributed by atoms with Crippen LogP contribution in [0.5, 0.6) is 0 Å². The number of methoxy groups -OCH3 is 1. The van der Waals surface area contributed by atoms with Crippen LogP contribution < -0.4 is 0 Å². The Balaban J connectivity index is 2.03. The van der Waals surface area contributed by atoms with Crippen molar-refractivity contribution in [3.8, 4) is 0 Å². The van der Waals surface area contributed by atoms with E-state index in [1.54, 1.807) is 7.11 Å². The first-order chi connectivity index (χ1) is 8.29. The molecule has 0 amide bonds. The fourth-order valence-corrected chi connectivity index (χ4v) is 2.54. The van der Waals surface area contributed by atoms with Crippen LogP contribution in [0, 0.1) is 0 Å². The highest BCUT2D eigenvalue weighted by atomic mass is 79.9. The molecule has 0 heterocycles. The van der Waals surface area contributed by atoms with Crippen LogP contribution in [-0.4, -0.2) is 57.2 Å². The van der Waals surface area contributed by atoms with Gasteiger partial charge < -0.3 is 18.9 Å². The molecule has 3 atom stereocenters. The molecule has 0 aromatic heterocycles. The molecule has 1 rings (SSSR count). The summed E-state index contributed by atoms with van der Waals surface area (Å²) in [5, 5.41) is 0. The molecule has 0 aromatic rings. The molecule has 1 aliphatic rings. The fourth-order valence-electron chi connectivity index (χ4n) is 1.67. The van der Waals surface area contributed by atoms with E-state index < -0.39 is 0 Å². The molecule has 0 radical (unpaired) electrons. The number of alkyl halides is 1. The van der Waals surface area contributed by atoms with Crippen LogP contribution in [0.1, 0.15) is 19.8 Å². The molecular weight excluding hydrogens is 288 g/mol. The van der Waals surface area contributed by atoms with Gasteiger partial charge in [0.2, 0.25) is 0 Å². The van der Waals surface area contributed by atoms with E-state index in [4.69, 9.17) is 18.9 Å². The summed E-state index contributed by atoms with van der Waals surface area (Å²) in [6, 6.07) is 0. The smallest absolute Gasteiger partial charge is 0.0963 e. The third kappa shape index (κ3) is 5.66. The van der Waals surface area contributed by atoms with Crippen molar-refractivity contribution in [3.63, 3.8) is 0 Å². The summed E-state index contributed by atoms with van der Waals surface area (Å²) < 4.78 is 21.7. The van der Waals surface area contributed by atoms with Gasteiger partial charge in [0.1, 0.15) is 0 Å². The lowest BCUT2D eigenvalue weighted by atomic mass is 9.91. The Morgan fingerprint density at radius 2 is 1.82 bits per heavy atom. The summed E-state index contributed by atoms with van der Waals surface area (Å²) in [6.07, 6.45) is 2.40. The largest absolute Gasteiger partial charge is 0.382 e. The molecule has 1 fully saturated rings. The number of ether oxygens (including phenoxy) is 4. The van der Waals surface area contributed by atoms with Crippen LogP contribution in [0.25, 0.3) is 0 Å². The van der Waals surface area contributed by atoms with Gasteiger partial charge in [-0.2, -0.15) is 0 Å². The Labute approximate surface area is 112 Å². The highest BCUT2D eigenvalue weighted by Crippen LogP contribution is 2.33. The van der Waals surface area contributed by atoms with Crippen molar-refractivity contribution in [1.29, 1.82) is 0 Å². The van der Waals surface area contributed by atoms with E-state index in [0.717, 1.165) is 19.4 Å². The SMILES string of the molecule is CCCOCCOC1CC(Br)C1OCCOC. The van der Waals surface area contributed by atoms with Gasteiger partial charge in [-0.05, 0) is 12.8 Å². The van der Waals surface area contributed by atoms with Crippen molar-refractivity contribution in [3.05, 3.63) is 0 Å². The minimum atomic E-state index is 0.149. The Morgan fingerprint density at radius 1 is 1.06 bits per heavy atom. The predicted octanol–water partition coefficient (Wildman–Crippen LogP) is 2.00. The fraction of sp³-hybridized carbons (Fsp3) is 1.00. The summed E-state index contributed by atoms with van der Waals surface area (Å²) in [5.41, 5.74) is 0. The second kappa shape index (κ2) is 9.28. The molecule has 0 aliphatic heterocycles. The van der Waals surface area contributed by atoms with Crippen molar-refractivity contribution in [2.45, 2.75) is 36.8 Å². The first-order valence-corrected chi connectivity index (χ1v) is 7.15. The van der Waals surface area contributed by atoms with Gasteiger partial charge >= 0.3 is 0 Å². The third-order valence-electron chi connectivity index (χ3n) is 2.69. The molecule has 0 N–H and O–H groups in total. The maximum absolute atomic E-state index is 5.72. The first-order valence-electron chi connectivity index (χ1n) is 6.23. The van der Waals surface area contributed by atoms with Crippen molar-refractivity contribution in [2.75, 3.05) is 40.1 Å². The van der Waals surface area contributed by atoms with Crippen LogP contribution in [0.15, 0.2) is 0 Å². The Bertz CT molecular complexity index is 191. The lowest BCUT2D eigenvalue weighted by molar-refractivity contribution is -0.133. The average Bonchev–Trinajstić information content (AvgIpc) is 2.33. The topological polar surface area (TPSA) is 36.9 Å². The Kier molecular flexibility index (Phi) is 8.39. The van der Waals surface area contributed by atoms with E-state index in [0.29, 0.717) is 31.3 Å². The van der Waals surface area contributed by atoms with Gasteiger partial charge in [-0.3, -0.25) is 0 Å².